The third-order valence-corrected chi connectivity index (χ3v) is 11.1. The Morgan fingerprint density at radius 2 is 1.96 bits per heavy atom. The second kappa shape index (κ2) is 8.39. The van der Waals surface area contributed by atoms with Crippen molar-refractivity contribution in [3.05, 3.63) is 0 Å². The molecule has 5 heteroatoms. The van der Waals surface area contributed by atoms with E-state index in [9.17, 15) is 9.90 Å². The fourth-order valence-corrected chi connectivity index (χ4v) is 8.80. The van der Waals surface area contributed by atoms with Gasteiger partial charge in [0.2, 0.25) is 0 Å². The number of hydrogen-bond acceptors (Lipinski definition) is 3. The van der Waals surface area contributed by atoms with Crippen molar-refractivity contribution in [3.8, 4) is 0 Å². The van der Waals surface area contributed by atoms with Gasteiger partial charge in [0.05, 0.1) is 0 Å². The van der Waals surface area contributed by atoms with Crippen LogP contribution in [0.2, 0.25) is 19.1 Å². The minimum absolute atomic E-state index is 0.402. The van der Waals surface area contributed by atoms with E-state index in [0.29, 0.717) is 30.2 Å². The maximum absolute atomic E-state index is 11.3. The van der Waals surface area contributed by atoms with Crippen molar-refractivity contribution < 1.29 is 9.90 Å². The van der Waals surface area contributed by atoms with E-state index < -0.39 is 14.2 Å². The Hall–Kier alpha value is -0.00312. The summed E-state index contributed by atoms with van der Waals surface area (Å²) in [4.78, 5) is 11.3. The number of carboxylic acids is 1. The lowest BCUT2D eigenvalue weighted by Gasteiger charge is -2.45. The molecule has 0 bridgehead atoms. The molecule has 2 aliphatic carbocycles. The van der Waals surface area contributed by atoms with Gasteiger partial charge in [-0.15, -0.1) is 0 Å². The van der Waals surface area contributed by atoms with Crippen molar-refractivity contribution in [1.29, 1.82) is 0 Å². The SMILES string of the molecule is CSCC[Si](C)(C)N(C)C1CCCC([C@@H](CC(=O)O)C2CC2)C1. The first-order valence-corrected chi connectivity index (χ1v) is 13.8. The highest BCUT2D eigenvalue weighted by Gasteiger charge is 2.41. The van der Waals surface area contributed by atoms with Crippen LogP contribution in [0, 0.1) is 17.8 Å². The smallest absolute Gasteiger partial charge is 0.303 e. The first-order valence-electron chi connectivity index (χ1n) is 9.29. The van der Waals surface area contributed by atoms with Gasteiger partial charge in [0.25, 0.3) is 0 Å². The number of carboxylic acid groups (broad SMARTS) is 1. The summed E-state index contributed by atoms with van der Waals surface area (Å²) in [5.41, 5.74) is 0. The molecule has 0 amide bonds. The number of nitrogens with zero attached hydrogens (tertiary/aromatic N) is 1. The Bertz CT molecular complexity index is 400. The molecule has 134 valence electrons. The average molecular weight is 358 g/mol. The highest BCUT2D eigenvalue weighted by atomic mass is 32.2. The molecule has 2 saturated carbocycles. The molecule has 0 spiro atoms. The Morgan fingerprint density at radius 3 is 2.52 bits per heavy atom. The minimum atomic E-state index is -1.33. The van der Waals surface area contributed by atoms with E-state index in [1.807, 2.05) is 11.8 Å². The normalized spacial score (nSPS) is 27.2. The van der Waals surface area contributed by atoms with Crippen molar-refractivity contribution in [2.75, 3.05) is 19.1 Å². The van der Waals surface area contributed by atoms with Gasteiger partial charge in [0, 0.05) is 12.5 Å². The molecular formula is C18H35NO2SSi. The lowest BCUT2D eigenvalue weighted by Crippen LogP contribution is -2.53. The van der Waals surface area contributed by atoms with E-state index in [4.69, 9.17) is 0 Å². The zero-order valence-corrected chi connectivity index (χ0v) is 17.2. The summed E-state index contributed by atoms with van der Waals surface area (Å²) >= 11 is 1.96. The molecule has 3 nitrogen and oxygen atoms in total. The lowest BCUT2D eigenvalue weighted by atomic mass is 9.74. The zero-order chi connectivity index (χ0) is 17.0. The molecular weight excluding hydrogens is 322 g/mol. The first-order chi connectivity index (χ1) is 10.8. The van der Waals surface area contributed by atoms with Crippen molar-refractivity contribution in [2.24, 2.45) is 17.8 Å². The van der Waals surface area contributed by atoms with Crippen LogP contribution >= 0.6 is 11.8 Å². The molecule has 0 radical (unpaired) electrons. The Labute approximate surface area is 147 Å². The van der Waals surface area contributed by atoms with Gasteiger partial charge in [0.1, 0.15) is 8.24 Å². The quantitative estimate of drug-likeness (QED) is 0.615. The summed E-state index contributed by atoms with van der Waals surface area (Å²) in [7, 11) is 1.02. The van der Waals surface area contributed by atoms with Crippen LogP contribution < -0.4 is 0 Å². The fraction of sp³-hybridized carbons (Fsp3) is 0.944. The van der Waals surface area contributed by atoms with Gasteiger partial charge in [-0.1, -0.05) is 25.9 Å². The van der Waals surface area contributed by atoms with Gasteiger partial charge in [-0.2, -0.15) is 11.8 Å². The number of hydrogen-bond donors (Lipinski definition) is 1. The molecule has 0 aliphatic heterocycles. The topological polar surface area (TPSA) is 40.5 Å². The second-order valence-electron chi connectivity index (χ2n) is 8.35. The molecule has 0 aromatic rings. The first kappa shape index (κ1) is 19.3. The third kappa shape index (κ3) is 5.50. The highest BCUT2D eigenvalue weighted by Crippen LogP contribution is 2.47. The number of aliphatic carboxylic acids is 1. The molecule has 0 aromatic heterocycles. The van der Waals surface area contributed by atoms with E-state index in [0.717, 1.165) is 0 Å². The molecule has 3 atom stereocenters. The van der Waals surface area contributed by atoms with Crippen LogP contribution in [0.25, 0.3) is 0 Å². The van der Waals surface area contributed by atoms with Crippen LogP contribution in [0.3, 0.4) is 0 Å². The number of rotatable bonds is 9. The predicted octanol–water partition coefficient (Wildman–Crippen LogP) is 4.55. The van der Waals surface area contributed by atoms with E-state index in [-0.39, 0.29) is 0 Å². The summed E-state index contributed by atoms with van der Waals surface area (Å²) in [5.74, 6) is 2.47. The van der Waals surface area contributed by atoms with Crippen molar-refractivity contribution in [2.45, 2.75) is 70.1 Å². The van der Waals surface area contributed by atoms with Crippen LogP contribution in [0.15, 0.2) is 0 Å². The standard InChI is InChI=1S/C18H35NO2SSi/c1-19(23(3,4)11-10-22-2)16-7-5-6-15(12-16)17(13-18(20)21)14-8-9-14/h14-17H,5-13H2,1-4H3,(H,20,21)/t15?,16?,17-/m0/s1. The predicted molar refractivity (Wildman–Crippen MR) is 103 cm³/mol. The van der Waals surface area contributed by atoms with E-state index >= 15 is 0 Å². The van der Waals surface area contributed by atoms with Gasteiger partial charge in [-0.3, -0.25) is 4.79 Å². The maximum Gasteiger partial charge on any atom is 0.303 e. The van der Waals surface area contributed by atoms with Crippen LogP contribution in [-0.4, -0.2) is 49.0 Å². The molecule has 0 aromatic carbocycles. The second-order valence-corrected chi connectivity index (χ2v) is 14.2. The molecule has 2 rings (SSSR count). The molecule has 2 fully saturated rings. The fourth-order valence-electron chi connectivity index (χ4n) is 4.41. The molecule has 23 heavy (non-hydrogen) atoms. The van der Waals surface area contributed by atoms with Crippen LogP contribution in [-0.2, 0) is 4.79 Å². The van der Waals surface area contributed by atoms with Crippen LogP contribution in [0.1, 0.15) is 44.9 Å². The summed E-state index contributed by atoms with van der Waals surface area (Å²) in [6.07, 6.45) is 10.2. The summed E-state index contributed by atoms with van der Waals surface area (Å²) in [6.45, 7) is 5.00. The molecule has 0 saturated heterocycles. The largest absolute Gasteiger partial charge is 0.481 e. The Balaban J connectivity index is 1.97. The zero-order valence-electron chi connectivity index (χ0n) is 15.4. The van der Waals surface area contributed by atoms with Gasteiger partial charge < -0.3 is 9.67 Å². The Kier molecular flexibility index (Phi) is 7.05. The van der Waals surface area contributed by atoms with E-state index in [2.05, 4.69) is 31.0 Å². The summed E-state index contributed by atoms with van der Waals surface area (Å²) in [5, 5.41) is 9.29. The van der Waals surface area contributed by atoms with Crippen molar-refractivity contribution in [1.82, 2.24) is 4.57 Å². The molecule has 2 unspecified atom stereocenters. The number of carbonyl (C=O) groups is 1. The monoisotopic (exact) mass is 357 g/mol. The van der Waals surface area contributed by atoms with Crippen molar-refractivity contribution >= 4 is 26.0 Å². The third-order valence-electron chi connectivity index (χ3n) is 6.35. The molecule has 2 aliphatic rings. The summed E-state index contributed by atoms with van der Waals surface area (Å²) < 4.78 is 2.74. The lowest BCUT2D eigenvalue weighted by molar-refractivity contribution is -0.139. The van der Waals surface area contributed by atoms with Gasteiger partial charge in [-0.05, 0) is 68.5 Å². The highest BCUT2D eigenvalue weighted by molar-refractivity contribution is 7.98. The molecule has 1 N–H and O–H groups in total. The van der Waals surface area contributed by atoms with Crippen LogP contribution in [0.4, 0.5) is 0 Å². The van der Waals surface area contributed by atoms with Gasteiger partial charge in [-0.25, -0.2) is 0 Å². The maximum atomic E-state index is 11.3. The van der Waals surface area contributed by atoms with E-state index in [1.54, 1.807) is 0 Å². The average Bonchev–Trinajstić information content (AvgIpc) is 3.34. The van der Waals surface area contributed by atoms with Gasteiger partial charge in [0.15, 0.2) is 0 Å². The van der Waals surface area contributed by atoms with Gasteiger partial charge >= 0.3 is 5.97 Å². The molecule has 0 heterocycles. The van der Waals surface area contributed by atoms with E-state index in [1.165, 1.54) is 50.3 Å². The minimum Gasteiger partial charge on any atom is -0.481 e. The number of thioether (sulfide) groups is 1. The van der Waals surface area contributed by atoms with Crippen molar-refractivity contribution in [3.63, 3.8) is 0 Å². The van der Waals surface area contributed by atoms with Crippen LogP contribution in [0.5, 0.6) is 0 Å². The summed E-state index contributed by atoms with van der Waals surface area (Å²) in [6, 6.07) is 2.04. The Morgan fingerprint density at radius 1 is 1.26 bits per heavy atom.